The van der Waals surface area contributed by atoms with E-state index in [1.807, 2.05) is 6.92 Å². The number of aryl methyl sites for hydroxylation is 1. The van der Waals surface area contributed by atoms with Gasteiger partial charge >= 0.3 is 0 Å². The number of thiazole rings is 1. The molecule has 2 aromatic rings. The van der Waals surface area contributed by atoms with Gasteiger partial charge in [-0.05, 0) is 13.0 Å². The van der Waals surface area contributed by atoms with Crippen LogP contribution in [0.25, 0.3) is 0 Å². The van der Waals surface area contributed by atoms with E-state index in [0.29, 0.717) is 6.54 Å². The molecule has 0 unspecified atom stereocenters. The van der Waals surface area contributed by atoms with Crippen LogP contribution in [-0.4, -0.2) is 32.9 Å². The predicted octanol–water partition coefficient (Wildman–Crippen LogP) is 1.82. The predicted molar refractivity (Wildman–Crippen MR) is 68.6 cm³/mol. The van der Waals surface area contributed by atoms with Crippen molar-refractivity contribution in [3.8, 4) is 5.75 Å². The first-order chi connectivity index (χ1) is 8.59. The number of hydrogen-bond donors (Lipinski definition) is 1. The molecule has 0 saturated carbocycles. The highest BCUT2D eigenvalue weighted by Gasteiger charge is 2.17. The third-order valence-electron chi connectivity index (χ3n) is 2.60. The van der Waals surface area contributed by atoms with Crippen molar-refractivity contribution in [2.45, 2.75) is 13.5 Å². The second-order valence-corrected chi connectivity index (χ2v) is 4.85. The van der Waals surface area contributed by atoms with Gasteiger partial charge in [0.1, 0.15) is 5.75 Å². The maximum absolute atomic E-state index is 12.1. The zero-order valence-corrected chi connectivity index (χ0v) is 10.9. The standard InChI is InChI=1S/C12H13N3O2S/c1-8-11(18-7-14-8)6-15(2)12(17)9-3-4-13-5-10(9)16/h3-5,7,16H,6H2,1-2H3. The molecule has 0 aliphatic heterocycles. The lowest BCUT2D eigenvalue weighted by atomic mass is 10.2. The Morgan fingerprint density at radius 1 is 1.56 bits per heavy atom. The summed E-state index contributed by atoms with van der Waals surface area (Å²) in [5, 5.41) is 9.59. The first-order valence-corrected chi connectivity index (χ1v) is 6.25. The van der Waals surface area contributed by atoms with Crippen molar-refractivity contribution in [1.29, 1.82) is 0 Å². The molecule has 0 spiro atoms. The molecule has 6 heteroatoms. The fraction of sp³-hybridized carbons (Fsp3) is 0.250. The van der Waals surface area contributed by atoms with E-state index in [2.05, 4.69) is 9.97 Å². The fourth-order valence-corrected chi connectivity index (χ4v) is 2.37. The van der Waals surface area contributed by atoms with Crippen LogP contribution in [0.1, 0.15) is 20.9 Å². The molecule has 0 fully saturated rings. The molecule has 0 aromatic carbocycles. The Morgan fingerprint density at radius 2 is 2.33 bits per heavy atom. The average molecular weight is 263 g/mol. The Morgan fingerprint density at radius 3 is 2.94 bits per heavy atom. The third-order valence-corrected chi connectivity index (χ3v) is 3.52. The molecule has 5 nitrogen and oxygen atoms in total. The molecule has 1 N–H and O–H groups in total. The minimum atomic E-state index is -0.234. The number of nitrogens with zero attached hydrogens (tertiary/aromatic N) is 3. The Kier molecular flexibility index (Phi) is 3.57. The zero-order chi connectivity index (χ0) is 13.1. The highest BCUT2D eigenvalue weighted by Crippen LogP contribution is 2.19. The maximum Gasteiger partial charge on any atom is 0.257 e. The van der Waals surface area contributed by atoms with Gasteiger partial charge in [-0.2, -0.15) is 0 Å². The van der Waals surface area contributed by atoms with E-state index < -0.39 is 0 Å². The maximum atomic E-state index is 12.1. The van der Waals surface area contributed by atoms with Crippen LogP contribution < -0.4 is 0 Å². The smallest absolute Gasteiger partial charge is 0.257 e. The van der Waals surface area contributed by atoms with E-state index in [0.717, 1.165) is 10.6 Å². The molecule has 0 aliphatic carbocycles. The molecule has 0 saturated heterocycles. The first-order valence-electron chi connectivity index (χ1n) is 5.37. The summed E-state index contributed by atoms with van der Waals surface area (Å²) < 4.78 is 0. The molecule has 94 valence electrons. The summed E-state index contributed by atoms with van der Waals surface area (Å²) in [5.74, 6) is -0.335. The third kappa shape index (κ3) is 2.48. The number of carbonyl (C=O) groups is 1. The molecule has 18 heavy (non-hydrogen) atoms. The van der Waals surface area contributed by atoms with Crippen LogP contribution in [0.15, 0.2) is 24.0 Å². The van der Waals surface area contributed by atoms with E-state index in [1.54, 1.807) is 17.5 Å². The summed E-state index contributed by atoms with van der Waals surface area (Å²) >= 11 is 1.51. The Balaban J connectivity index is 2.15. The topological polar surface area (TPSA) is 66.3 Å². The van der Waals surface area contributed by atoms with Gasteiger partial charge in [-0.15, -0.1) is 11.3 Å². The van der Waals surface area contributed by atoms with Crippen molar-refractivity contribution in [2.24, 2.45) is 0 Å². The van der Waals surface area contributed by atoms with E-state index in [1.165, 1.54) is 29.8 Å². The van der Waals surface area contributed by atoms with Gasteiger partial charge in [-0.1, -0.05) is 0 Å². The Labute approximate surface area is 109 Å². The summed E-state index contributed by atoms with van der Waals surface area (Å²) in [6.45, 7) is 2.39. The lowest BCUT2D eigenvalue weighted by molar-refractivity contribution is 0.0783. The summed E-state index contributed by atoms with van der Waals surface area (Å²) in [6, 6.07) is 1.51. The van der Waals surface area contributed by atoms with Crippen LogP contribution in [0.5, 0.6) is 5.75 Å². The van der Waals surface area contributed by atoms with E-state index in [4.69, 9.17) is 0 Å². The largest absolute Gasteiger partial charge is 0.505 e. The van der Waals surface area contributed by atoms with Gasteiger partial charge < -0.3 is 10.0 Å². The molecular formula is C12H13N3O2S. The van der Waals surface area contributed by atoms with Crippen LogP contribution >= 0.6 is 11.3 Å². The number of amides is 1. The average Bonchev–Trinajstić information content (AvgIpc) is 2.75. The zero-order valence-electron chi connectivity index (χ0n) is 10.1. The molecule has 1 amide bonds. The molecule has 0 radical (unpaired) electrons. The summed E-state index contributed by atoms with van der Waals surface area (Å²) in [4.78, 5) is 22.6. The van der Waals surface area contributed by atoms with Crippen molar-refractivity contribution in [3.05, 3.63) is 40.1 Å². The summed E-state index contributed by atoms with van der Waals surface area (Å²) in [7, 11) is 1.70. The van der Waals surface area contributed by atoms with Crippen LogP contribution in [0.3, 0.4) is 0 Å². The van der Waals surface area contributed by atoms with Crippen LogP contribution in [0, 0.1) is 6.92 Å². The molecule has 0 aliphatic rings. The normalized spacial score (nSPS) is 10.3. The van der Waals surface area contributed by atoms with E-state index in [9.17, 15) is 9.90 Å². The second-order valence-electron chi connectivity index (χ2n) is 3.91. The van der Waals surface area contributed by atoms with Crippen molar-refractivity contribution in [1.82, 2.24) is 14.9 Å². The molecule has 2 aromatic heterocycles. The van der Waals surface area contributed by atoms with Gasteiger partial charge in [0.05, 0.1) is 29.5 Å². The Bertz CT molecular complexity index is 568. The van der Waals surface area contributed by atoms with E-state index >= 15 is 0 Å². The van der Waals surface area contributed by atoms with Crippen molar-refractivity contribution < 1.29 is 9.90 Å². The van der Waals surface area contributed by atoms with Crippen LogP contribution in [-0.2, 0) is 6.54 Å². The number of hydrogen-bond acceptors (Lipinski definition) is 5. The highest BCUT2D eigenvalue weighted by molar-refractivity contribution is 7.09. The molecule has 2 rings (SSSR count). The summed E-state index contributed by atoms with van der Waals surface area (Å²) in [6.07, 6.45) is 2.75. The van der Waals surface area contributed by atoms with Crippen LogP contribution in [0.2, 0.25) is 0 Å². The van der Waals surface area contributed by atoms with Gasteiger partial charge in [-0.25, -0.2) is 4.98 Å². The molecule has 0 atom stereocenters. The molecular weight excluding hydrogens is 250 g/mol. The van der Waals surface area contributed by atoms with E-state index in [-0.39, 0.29) is 17.2 Å². The van der Waals surface area contributed by atoms with Crippen molar-refractivity contribution >= 4 is 17.2 Å². The lowest BCUT2D eigenvalue weighted by Crippen LogP contribution is -2.26. The minimum absolute atomic E-state index is 0.102. The quantitative estimate of drug-likeness (QED) is 0.917. The van der Waals surface area contributed by atoms with Gasteiger partial charge in [0.15, 0.2) is 0 Å². The van der Waals surface area contributed by atoms with Gasteiger partial charge in [0.2, 0.25) is 0 Å². The van der Waals surface area contributed by atoms with Crippen LogP contribution in [0.4, 0.5) is 0 Å². The second kappa shape index (κ2) is 5.14. The minimum Gasteiger partial charge on any atom is -0.505 e. The van der Waals surface area contributed by atoms with Crippen molar-refractivity contribution in [2.75, 3.05) is 7.05 Å². The van der Waals surface area contributed by atoms with Gasteiger partial charge in [-0.3, -0.25) is 9.78 Å². The Hall–Kier alpha value is -1.95. The SMILES string of the molecule is Cc1ncsc1CN(C)C(=O)c1ccncc1O. The first kappa shape index (κ1) is 12.5. The number of carbonyl (C=O) groups excluding carboxylic acids is 1. The molecule has 0 bridgehead atoms. The van der Waals surface area contributed by atoms with Gasteiger partial charge in [0.25, 0.3) is 5.91 Å². The highest BCUT2D eigenvalue weighted by atomic mass is 32.1. The van der Waals surface area contributed by atoms with Gasteiger partial charge in [0, 0.05) is 18.1 Å². The number of pyridine rings is 1. The number of rotatable bonds is 3. The van der Waals surface area contributed by atoms with Crippen molar-refractivity contribution in [3.63, 3.8) is 0 Å². The fourth-order valence-electron chi connectivity index (χ4n) is 1.54. The number of aromatic nitrogens is 2. The monoisotopic (exact) mass is 263 g/mol. The number of aromatic hydroxyl groups is 1. The summed E-state index contributed by atoms with van der Waals surface area (Å²) in [5.41, 5.74) is 2.95. The molecule has 2 heterocycles. The lowest BCUT2D eigenvalue weighted by Gasteiger charge is -2.17.